The SMILES string of the molecule is C[Si](C)(C)N=P(C=P([N-][Si](C)(C)C)(c1ccccc1)c1ccccc1)(c1ccccc1)c1ccccc1.C[Si](C)[N-][Si](C)C.C[Si](C)[N-][Si](C)C.[Lu+3]. The largest absolute Gasteiger partial charge is 3.00 e. The third-order valence-electron chi connectivity index (χ3n) is 6.74. The maximum atomic E-state index is 5.92. The van der Waals surface area contributed by atoms with Crippen LogP contribution in [0.4, 0.5) is 0 Å². The number of benzene rings is 4. The van der Waals surface area contributed by atoms with Gasteiger partial charge in [0.1, 0.15) is 0 Å². The van der Waals surface area contributed by atoms with Gasteiger partial charge in [-0.05, 0) is 21.2 Å². The molecular weight excluding hydrogens is 930 g/mol. The van der Waals surface area contributed by atoms with Crippen LogP contribution < -0.4 is 21.2 Å². The minimum atomic E-state index is -2.32. The fourth-order valence-electron chi connectivity index (χ4n) is 5.55. The molecule has 0 spiro atoms. The van der Waals surface area contributed by atoms with Gasteiger partial charge < -0.3 is 18.5 Å². The van der Waals surface area contributed by atoms with Gasteiger partial charge in [-0.3, -0.25) is 0 Å². The summed E-state index contributed by atoms with van der Waals surface area (Å²) in [5.74, 6) is 0. The molecule has 0 saturated carbocycles. The van der Waals surface area contributed by atoms with Crippen LogP contribution in [0.5, 0.6) is 0 Å². The third kappa shape index (κ3) is 17.7. The van der Waals surface area contributed by atoms with Gasteiger partial charge in [0.25, 0.3) is 0 Å². The Kier molecular flexibility index (Phi) is 22.8. The molecule has 0 aliphatic rings. The predicted octanol–water partition coefficient (Wildman–Crippen LogP) is 11.9. The molecule has 0 fully saturated rings. The van der Waals surface area contributed by atoms with E-state index in [4.69, 9.17) is 9.16 Å². The van der Waals surface area contributed by atoms with Crippen molar-refractivity contribution in [3.63, 3.8) is 0 Å². The van der Waals surface area contributed by atoms with Crippen LogP contribution in [0.15, 0.2) is 126 Å². The minimum Gasteiger partial charge on any atom is -0.673 e. The number of nitrogens with zero attached hydrogens (tertiary/aromatic N) is 4. The third-order valence-corrected chi connectivity index (χ3v) is 28.2. The Morgan fingerprint density at radius 2 is 0.731 bits per heavy atom. The van der Waals surface area contributed by atoms with Crippen molar-refractivity contribution in [3.8, 4) is 0 Å². The van der Waals surface area contributed by atoms with Crippen molar-refractivity contribution in [3.05, 3.63) is 135 Å². The fraction of sp³-hybridized carbons (Fsp3) is 0.359. The van der Waals surface area contributed by atoms with Gasteiger partial charge in [0.2, 0.25) is 0 Å². The van der Waals surface area contributed by atoms with Crippen molar-refractivity contribution in [1.82, 2.24) is 0 Å². The van der Waals surface area contributed by atoms with E-state index in [1.54, 1.807) is 0 Å². The molecule has 4 nitrogen and oxygen atoms in total. The molecule has 4 aromatic rings. The molecule has 52 heavy (non-hydrogen) atoms. The standard InChI is InChI=1S/C31H39N2P2Si2.2C4H12NSi2.Lu/c1-36(2,3)32-34(28-19-11-7-12-20-28,29-21-13-8-14-22-29)27-35(33-37(4,5)6,30-23-15-9-16-24-30)31-25-17-10-18-26-31;2*1-6(2)5-7(3)4;/h7-27H,1-6H3;2*1-4H3;/q3*-1;+3. The summed E-state index contributed by atoms with van der Waals surface area (Å²) in [5.41, 5.74) is 2.69. The van der Waals surface area contributed by atoms with Crippen LogP contribution in [0.2, 0.25) is 91.7 Å². The van der Waals surface area contributed by atoms with Crippen molar-refractivity contribution in [2.75, 3.05) is 0 Å². The van der Waals surface area contributed by atoms with Gasteiger partial charge in [-0.25, -0.2) is 0 Å². The van der Waals surface area contributed by atoms with Crippen LogP contribution in [0.1, 0.15) is 0 Å². The molecule has 0 unspecified atom stereocenters. The molecule has 0 atom stereocenters. The second-order valence-electron chi connectivity index (χ2n) is 15.4. The Hall–Kier alpha value is -0.175. The van der Waals surface area contributed by atoms with Gasteiger partial charge in [0.05, 0.1) is 0 Å². The molecule has 0 aliphatic carbocycles. The smallest absolute Gasteiger partial charge is 0.673 e. The van der Waals surface area contributed by atoms with Crippen molar-refractivity contribution in [2.45, 2.75) is 91.7 Å². The molecule has 0 saturated heterocycles. The summed E-state index contributed by atoms with van der Waals surface area (Å²) in [6.45, 7) is 32.0. The first-order chi connectivity index (χ1) is 23.8. The van der Waals surface area contributed by atoms with Crippen LogP contribution >= 0.6 is 14.1 Å². The van der Waals surface area contributed by atoms with E-state index in [0.29, 0.717) is 0 Å². The second-order valence-corrected chi connectivity index (χ2v) is 40.8. The fourth-order valence-corrected chi connectivity index (χ4v) is 30.6. The van der Waals surface area contributed by atoms with Gasteiger partial charge in [-0.2, -0.15) is 0 Å². The van der Waals surface area contributed by atoms with Gasteiger partial charge >= 0.3 is 36.9 Å². The van der Waals surface area contributed by atoms with Gasteiger partial charge in [-0.15, -0.1) is 7.04 Å². The Bertz CT molecular complexity index is 1550. The summed E-state index contributed by atoms with van der Waals surface area (Å²) in [6.07, 6.45) is 0. The molecule has 0 aliphatic heterocycles. The van der Waals surface area contributed by atoms with E-state index < -0.39 is 30.6 Å². The Balaban J connectivity index is 0.000000763. The van der Waals surface area contributed by atoms with Gasteiger partial charge in [-0.1, -0.05) is 263 Å². The quantitative estimate of drug-likeness (QED) is 0.100. The van der Waals surface area contributed by atoms with E-state index in [1.165, 1.54) is 21.2 Å². The van der Waals surface area contributed by atoms with E-state index in [-0.39, 0.29) is 72.7 Å². The average molecular weight is 993 g/mol. The molecule has 4 radical (unpaired) electrons. The number of hydrogen-bond acceptors (Lipinski definition) is 1. The van der Waals surface area contributed by atoms with Crippen LogP contribution in [-0.4, -0.2) is 57.8 Å². The van der Waals surface area contributed by atoms with Crippen LogP contribution in [0.25, 0.3) is 14.0 Å². The maximum Gasteiger partial charge on any atom is 3.00 e. The molecule has 4 aromatic carbocycles. The summed E-state index contributed by atoms with van der Waals surface area (Å²) >= 11 is 0. The topological polar surface area (TPSA) is 54.7 Å². The summed E-state index contributed by atoms with van der Waals surface area (Å²) in [5, 5.41) is 5.24. The van der Waals surface area contributed by atoms with E-state index in [1.807, 2.05) is 0 Å². The molecule has 0 N–H and O–H groups in total. The minimum absolute atomic E-state index is 0. The molecule has 13 heteroatoms. The van der Waals surface area contributed by atoms with E-state index >= 15 is 0 Å². The van der Waals surface area contributed by atoms with E-state index in [9.17, 15) is 0 Å². The zero-order valence-electron chi connectivity index (χ0n) is 34.1. The molecule has 288 valence electrons. The monoisotopic (exact) mass is 992 g/mol. The van der Waals surface area contributed by atoms with Crippen LogP contribution in [0, 0.1) is 36.9 Å². The van der Waals surface area contributed by atoms with E-state index in [0.717, 1.165) is 0 Å². The first-order valence-electron chi connectivity index (χ1n) is 17.8. The molecule has 0 bridgehead atoms. The number of hydrogen-bond donors (Lipinski definition) is 0. The summed E-state index contributed by atoms with van der Waals surface area (Å²) < 4.78 is 20.8. The zero-order valence-corrected chi connectivity index (χ0v) is 43.5. The molecule has 0 amide bonds. The van der Waals surface area contributed by atoms with Gasteiger partial charge in [0.15, 0.2) is 8.24 Å². The second kappa shape index (κ2) is 23.8. The molecular formula is C39H63LuN4P2Si6. The summed E-state index contributed by atoms with van der Waals surface area (Å²) in [7, 11) is -9.47. The molecule has 0 aromatic heterocycles. The first kappa shape index (κ1) is 49.8. The van der Waals surface area contributed by atoms with Crippen molar-refractivity contribution < 1.29 is 36.9 Å². The molecule has 0 heterocycles. The van der Waals surface area contributed by atoms with Crippen LogP contribution in [-0.2, 0) is 0 Å². The maximum absolute atomic E-state index is 5.92. The Labute approximate surface area is 358 Å². The zero-order chi connectivity index (χ0) is 38.3. The average Bonchev–Trinajstić information content (AvgIpc) is 3.04. The van der Waals surface area contributed by atoms with Crippen molar-refractivity contribution >= 4 is 93.2 Å². The molecule has 4 rings (SSSR count). The normalized spacial score (nSPS) is 12.0. The first-order valence-corrected chi connectivity index (χ1v) is 38.1. The summed E-state index contributed by atoms with van der Waals surface area (Å²) in [4.78, 5) is 0. The van der Waals surface area contributed by atoms with E-state index in [2.05, 4.69) is 228 Å². The Morgan fingerprint density at radius 3 is 0.942 bits per heavy atom. The van der Waals surface area contributed by atoms with Crippen molar-refractivity contribution in [1.29, 1.82) is 0 Å². The number of rotatable bonds is 12. The van der Waals surface area contributed by atoms with Crippen LogP contribution in [0.3, 0.4) is 0 Å². The summed E-state index contributed by atoms with van der Waals surface area (Å²) in [6, 6.07) is 44.1. The van der Waals surface area contributed by atoms with Gasteiger partial charge in [0, 0.05) is 7.05 Å². The van der Waals surface area contributed by atoms with Crippen molar-refractivity contribution in [2.24, 2.45) is 4.41 Å². The Morgan fingerprint density at radius 1 is 0.462 bits per heavy atom. The predicted molar refractivity (Wildman–Crippen MR) is 253 cm³/mol.